The zero-order chi connectivity index (χ0) is 11.7. The van der Waals surface area contributed by atoms with E-state index in [1.165, 1.54) is 4.70 Å². The van der Waals surface area contributed by atoms with Crippen LogP contribution in [0.4, 0.5) is 0 Å². The van der Waals surface area contributed by atoms with Gasteiger partial charge in [0.05, 0.1) is 0 Å². The van der Waals surface area contributed by atoms with Crippen LogP contribution in [0.3, 0.4) is 0 Å². The average molecular weight is 245 g/mol. The second-order valence-corrected chi connectivity index (χ2v) is 5.46. The van der Waals surface area contributed by atoms with Crippen LogP contribution in [0.25, 0.3) is 10.1 Å². The number of piperidine rings is 1. The van der Waals surface area contributed by atoms with Gasteiger partial charge in [0, 0.05) is 33.5 Å². The Labute approximate surface area is 105 Å². The number of thiophene rings is 1. The molecule has 1 aliphatic heterocycles. The van der Waals surface area contributed by atoms with Crippen LogP contribution in [0.2, 0.25) is 0 Å². The minimum Gasteiger partial charge on any atom is -0.316 e. The van der Waals surface area contributed by atoms with Crippen molar-refractivity contribution >= 4 is 27.2 Å². The van der Waals surface area contributed by atoms with Crippen LogP contribution in [0.5, 0.6) is 0 Å². The fraction of sp³-hybridized carbons (Fsp3) is 0.357. The quantitative estimate of drug-likeness (QED) is 0.824. The third kappa shape index (κ3) is 2.01. The van der Waals surface area contributed by atoms with Crippen molar-refractivity contribution in [1.29, 1.82) is 0 Å². The van der Waals surface area contributed by atoms with E-state index in [4.69, 9.17) is 0 Å². The van der Waals surface area contributed by atoms with Crippen molar-refractivity contribution in [3.63, 3.8) is 0 Å². The van der Waals surface area contributed by atoms with Crippen LogP contribution in [0.1, 0.15) is 23.2 Å². The molecule has 2 nitrogen and oxygen atoms in total. The van der Waals surface area contributed by atoms with Gasteiger partial charge in [-0.3, -0.25) is 4.79 Å². The molecule has 1 aromatic carbocycles. The van der Waals surface area contributed by atoms with Crippen molar-refractivity contribution in [3.05, 3.63) is 35.2 Å². The predicted octanol–water partition coefficient (Wildman–Crippen LogP) is 3.08. The molecule has 17 heavy (non-hydrogen) atoms. The molecule has 3 rings (SSSR count). The van der Waals surface area contributed by atoms with Crippen LogP contribution in [0, 0.1) is 5.92 Å². The van der Waals surface area contributed by atoms with Crippen LogP contribution >= 0.6 is 11.3 Å². The molecular weight excluding hydrogens is 230 g/mol. The molecule has 1 aliphatic rings. The minimum atomic E-state index is 0.168. The maximum Gasteiger partial charge on any atom is 0.168 e. The second-order valence-electron chi connectivity index (χ2n) is 4.55. The van der Waals surface area contributed by atoms with Crippen LogP contribution < -0.4 is 5.32 Å². The van der Waals surface area contributed by atoms with Crippen molar-refractivity contribution in [2.24, 2.45) is 5.92 Å². The number of Topliss-reactive ketones (excluding diaryl/α,β-unsaturated/α-hetero) is 1. The van der Waals surface area contributed by atoms with Crippen LogP contribution in [-0.4, -0.2) is 18.9 Å². The summed E-state index contributed by atoms with van der Waals surface area (Å²) < 4.78 is 1.21. The SMILES string of the molecule is O=C(c1csc2ccccc12)C1CCCNC1. The standard InChI is InChI=1S/C14H15NOS/c16-14(10-4-3-7-15-8-10)12-9-17-13-6-2-1-5-11(12)13/h1-2,5-6,9-10,15H,3-4,7-8H2. The van der Waals surface area contributed by atoms with Gasteiger partial charge < -0.3 is 5.32 Å². The summed E-state index contributed by atoms with van der Waals surface area (Å²) in [4.78, 5) is 12.4. The normalized spacial score (nSPS) is 20.6. The molecular formula is C14H15NOS. The highest BCUT2D eigenvalue weighted by Gasteiger charge is 2.24. The monoisotopic (exact) mass is 245 g/mol. The summed E-state index contributed by atoms with van der Waals surface area (Å²) in [5, 5.41) is 6.44. The fourth-order valence-electron chi connectivity index (χ4n) is 2.46. The highest BCUT2D eigenvalue weighted by atomic mass is 32.1. The first-order chi connectivity index (χ1) is 8.36. The summed E-state index contributed by atoms with van der Waals surface area (Å²) in [6.45, 7) is 1.89. The zero-order valence-electron chi connectivity index (χ0n) is 9.61. The number of hydrogen-bond donors (Lipinski definition) is 1. The Hall–Kier alpha value is -1.19. The predicted molar refractivity (Wildman–Crippen MR) is 71.7 cm³/mol. The molecule has 0 spiro atoms. The van der Waals surface area contributed by atoms with Gasteiger partial charge in [0.15, 0.2) is 5.78 Å². The Kier molecular flexibility index (Phi) is 2.95. The van der Waals surface area contributed by atoms with E-state index in [2.05, 4.69) is 17.4 Å². The maximum atomic E-state index is 12.4. The molecule has 1 saturated heterocycles. The molecule has 0 saturated carbocycles. The van der Waals surface area contributed by atoms with E-state index in [0.717, 1.165) is 36.9 Å². The van der Waals surface area contributed by atoms with E-state index in [9.17, 15) is 4.79 Å². The van der Waals surface area contributed by atoms with E-state index in [1.54, 1.807) is 11.3 Å². The molecule has 1 fully saturated rings. The first-order valence-corrected chi connectivity index (χ1v) is 6.95. The van der Waals surface area contributed by atoms with Gasteiger partial charge in [0.1, 0.15) is 0 Å². The number of carbonyl (C=O) groups excluding carboxylic acids is 1. The lowest BCUT2D eigenvalue weighted by atomic mass is 9.91. The van der Waals surface area contributed by atoms with Crippen LogP contribution in [-0.2, 0) is 0 Å². The van der Waals surface area contributed by atoms with Crippen molar-refractivity contribution in [3.8, 4) is 0 Å². The van der Waals surface area contributed by atoms with Gasteiger partial charge in [-0.05, 0) is 25.5 Å². The highest BCUT2D eigenvalue weighted by molar-refractivity contribution is 7.17. The van der Waals surface area contributed by atoms with E-state index in [-0.39, 0.29) is 5.92 Å². The average Bonchev–Trinajstić information content (AvgIpc) is 2.83. The Bertz CT molecular complexity index is 540. The van der Waals surface area contributed by atoms with Crippen molar-refractivity contribution in [1.82, 2.24) is 5.32 Å². The van der Waals surface area contributed by atoms with E-state index >= 15 is 0 Å². The molecule has 3 heteroatoms. The minimum absolute atomic E-state index is 0.168. The van der Waals surface area contributed by atoms with Crippen LogP contribution in [0.15, 0.2) is 29.6 Å². The van der Waals surface area contributed by atoms with Gasteiger partial charge in [0.2, 0.25) is 0 Å². The Morgan fingerprint density at radius 2 is 2.24 bits per heavy atom. The highest BCUT2D eigenvalue weighted by Crippen LogP contribution is 2.28. The molecule has 2 aromatic rings. The number of nitrogens with one attached hydrogen (secondary N) is 1. The topological polar surface area (TPSA) is 29.1 Å². The molecule has 2 heterocycles. The van der Waals surface area contributed by atoms with Crippen molar-refractivity contribution in [2.75, 3.05) is 13.1 Å². The Morgan fingerprint density at radius 3 is 3.06 bits per heavy atom. The third-order valence-electron chi connectivity index (χ3n) is 3.41. The first kappa shape index (κ1) is 10.9. The molecule has 1 atom stereocenters. The number of benzene rings is 1. The van der Waals surface area contributed by atoms with E-state index in [1.807, 2.05) is 17.5 Å². The summed E-state index contributed by atoms with van der Waals surface area (Å²) in [6, 6.07) is 8.16. The lowest BCUT2D eigenvalue weighted by Crippen LogP contribution is -2.34. The lowest BCUT2D eigenvalue weighted by Gasteiger charge is -2.21. The summed E-state index contributed by atoms with van der Waals surface area (Å²) in [5.74, 6) is 0.483. The first-order valence-electron chi connectivity index (χ1n) is 6.07. The van der Waals surface area contributed by atoms with Crippen molar-refractivity contribution in [2.45, 2.75) is 12.8 Å². The fourth-order valence-corrected chi connectivity index (χ4v) is 3.41. The van der Waals surface area contributed by atoms with Gasteiger partial charge in [-0.15, -0.1) is 11.3 Å². The summed E-state index contributed by atoms with van der Waals surface area (Å²) in [6.07, 6.45) is 2.13. The van der Waals surface area contributed by atoms with E-state index < -0.39 is 0 Å². The smallest absolute Gasteiger partial charge is 0.168 e. The maximum absolute atomic E-state index is 12.4. The Morgan fingerprint density at radius 1 is 1.35 bits per heavy atom. The summed E-state index contributed by atoms with van der Waals surface area (Å²) >= 11 is 1.67. The molecule has 0 amide bonds. The lowest BCUT2D eigenvalue weighted by molar-refractivity contribution is 0.0902. The molecule has 88 valence electrons. The summed E-state index contributed by atoms with van der Waals surface area (Å²) in [5.41, 5.74) is 0.916. The van der Waals surface area contributed by atoms with Gasteiger partial charge in [-0.25, -0.2) is 0 Å². The number of rotatable bonds is 2. The zero-order valence-corrected chi connectivity index (χ0v) is 10.4. The number of ketones is 1. The van der Waals surface area contributed by atoms with E-state index in [0.29, 0.717) is 5.78 Å². The summed E-state index contributed by atoms with van der Waals surface area (Å²) in [7, 11) is 0. The third-order valence-corrected chi connectivity index (χ3v) is 4.38. The van der Waals surface area contributed by atoms with Gasteiger partial charge in [-0.1, -0.05) is 18.2 Å². The molecule has 0 radical (unpaired) electrons. The molecule has 1 N–H and O–H groups in total. The molecule has 1 unspecified atom stereocenters. The molecule has 0 aliphatic carbocycles. The van der Waals surface area contributed by atoms with Gasteiger partial charge in [-0.2, -0.15) is 0 Å². The molecule has 1 aromatic heterocycles. The van der Waals surface area contributed by atoms with Gasteiger partial charge >= 0.3 is 0 Å². The van der Waals surface area contributed by atoms with Crippen molar-refractivity contribution < 1.29 is 4.79 Å². The van der Waals surface area contributed by atoms with Gasteiger partial charge in [0.25, 0.3) is 0 Å². The second kappa shape index (κ2) is 4.59. The number of fused-ring (bicyclic) bond motifs is 1. The number of carbonyl (C=O) groups is 1. The number of hydrogen-bond acceptors (Lipinski definition) is 3. The molecule has 0 bridgehead atoms. The largest absolute Gasteiger partial charge is 0.316 e. The Balaban J connectivity index is 1.95.